The van der Waals surface area contributed by atoms with Gasteiger partial charge in [0.25, 0.3) is 0 Å². The standard InChI is InChI=1S/C33H57N/c1-24-15-19-29(20-16-24)34(28-11-3-2-4-12-28)30-21-17-25(18-22-30)33-31-13-7-5-9-26(31)23-27-10-6-8-14-32(27)33/h24-33H,2-23H2,1H3. The first-order valence-electron chi connectivity index (χ1n) is 16.6. The summed E-state index contributed by atoms with van der Waals surface area (Å²) in [5.41, 5.74) is 0. The van der Waals surface area contributed by atoms with E-state index in [0.717, 1.165) is 59.6 Å². The third-order valence-electron chi connectivity index (χ3n) is 12.6. The topological polar surface area (TPSA) is 3.24 Å². The quantitative estimate of drug-likeness (QED) is 0.398. The number of hydrogen-bond donors (Lipinski definition) is 0. The molecule has 1 nitrogen and oxygen atoms in total. The van der Waals surface area contributed by atoms with E-state index in [0.29, 0.717) is 0 Å². The van der Waals surface area contributed by atoms with Crippen molar-refractivity contribution in [1.82, 2.24) is 4.90 Å². The van der Waals surface area contributed by atoms with Crippen LogP contribution in [0.3, 0.4) is 0 Å². The molecule has 0 aromatic rings. The van der Waals surface area contributed by atoms with E-state index in [9.17, 15) is 0 Å². The van der Waals surface area contributed by atoms with Crippen LogP contribution in [0.4, 0.5) is 0 Å². The molecule has 0 N–H and O–H groups in total. The van der Waals surface area contributed by atoms with Crippen LogP contribution in [0.25, 0.3) is 0 Å². The highest BCUT2D eigenvalue weighted by atomic mass is 15.2. The molecular formula is C33H57N. The molecule has 6 saturated carbocycles. The minimum atomic E-state index is 0.931. The third-order valence-corrected chi connectivity index (χ3v) is 12.6. The second kappa shape index (κ2) is 11.1. The lowest BCUT2D eigenvalue weighted by Crippen LogP contribution is -2.53. The van der Waals surface area contributed by atoms with Gasteiger partial charge in [0.2, 0.25) is 0 Å². The predicted octanol–water partition coefficient (Wildman–Crippen LogP) is 9.39. The van der Waals surface area contributed by atoms with Gasteiger partial charge in [-0.1, -0.05) is 64.7 Å². The highest BCUT2D eigenvalue weighted by Crippen LogP contribution is 2.57. The Hall–Kier alpha value is -0.0400. The van der Waals surface area contributed by atoms with Gasteiger partial charge in [0.05, 0.1) is 0 Å². The summed E-state index contributed by atoms with van der Waals surface area (Å²) in [5, 5.41) is 0. The fourth-order valence-electron chi connectivity index (χ4n) is 11.1. The highest BCUT2D eigenvalue weighted by molar-refractivity contribution is 4.99. The first-order valence-corrected chi connectivity index (χ1v) is 16.6. The van der Waals surface area contributed by atoms with Crippen molar-refractivity contribution in [1.29, 1.82) is 0 Å². The second-order valence-electron chi connectivity index (χ2n) is 14.5. The zero-order valence-electron chi connectivity index (χ0n) is 22.8. The van der Waals surface area contributed by atoms with Crippen LogP contribution in [-0.2, 0) is 0 Å². The minimum Gasteiger partial charge on any atom is -0.294 e. The molecule has 0 aromatic carbocycles. The van der Waals surface area contributed by atoms with Gasteiger partial charge in [-0.25, -0.2) is 0 Å². The summed E-state index contributed by atoms with van der Waals surface area (Å²) in [5.74, 6) is 7.71. The summed E-state index contributed by atoms with van der Waals surface area (Å²) in [4.78, 5) is 3.22. The van der Waals surface area contributed by atoms with Crippen LogP contribution in [0.1, 0.15) is 148 Å². The van der Waals surface area contributed by atoms with Crippen LogP contribution in [0, 0.1) is 41.4 Å². The molecule has 0 saturated heterocycles. The van der Waals surface area contributed by atoms with Gasteiger partial charge in [-0.2, -0.15) is 0 Å². The van der Waals surface area contributed by atoms with Crippen molar-refractivity contribution in [2.75, 3.05) is 0 Å². The van der Waals surface area contributed by atoms with Crippen molar-refractivity contribution in [3.05, 3.63) is 0 Å². The molecule has 6 aliphatic carbocycles. The molecule has 0 aromatic heterocycles. The van der Waals surface area contributed by atoms with E-state index in [1.165, 1.54) is 57.8 Å². The van der Waals surface area contributed by atoms with Crippen LogP contribution in [0.15, 0.2) is 0 Å². The molecule has 6 fully saturated rings. The molecule has 0 aliphatic heterocycles. The highest BCUT2D eigenvalue weighted by Gasteiger charge is 2.49. The maximum Gasteiger partial charge on any atom is 0.0101 e. The molecule has 6 rings (SSSR count). The Labute approximate surface area is 212 Å². The van der Waals surface area contributed by atoms with Crippen molar-refractivity contribution in [3.63, 3.8) is 0 Å². The van der Waals surface area contributed by atoms with Crippen LogP contribution >= 0.6 is 0 Å². The first-order chi connectivity index (χ1) is 16.8. The Bertz CT molecular complexity index is 598. The van der Waals surface area contributed by atoms with Gasteiger partial charge < -0.3 is 0 Å². The summed E-state index contributed by atoms with van der Waals surface area (Å²) < 4.78 is 0. The van der Waals surface area contributed by atoms with Crippen LogP contribution in [-0.4, -0.2) is 23.0 Å². The molecule has 0 amide bonds. The zero-order valence-corrected chi connectivity index (χ0v) is 22.8. The fraction of sp³-hybridized carbons (Fsp3) is 1.00. The van der Waals surface area contributed by atoms with Crippen molar-refractivity contribution in [3.8, 4) is 0 Å². The molecule has 1 heteroatoms. The summed E-state index contributed by atoms with van der Waals surface area (Å²) in [6.07, 6.45) is 34.1. The Morgan fingerprint density at radius 2 is 0.882 bits per heavy atom. The summed E-state index contributed by atoms with van der Waals surface area (Å²) in [6.45, 7) is 2.51. The van der Waals surface area contributed by atoms with Gasteiger partial charge >= 0.3 is 0 Å². The normalized spacial score (nSPS) is 46.6. The van der Waals surface area contributed by atoms with Gasteiger partial charge in [-0.15, -0.1) is 0 Å². The molecular weight excluding hydrogens is 410 g/mol. The molecule has 0 heterocycles. The van der Waals surface area contributed by atoms with Gasteiger partial charge in [0.1, 0.15) is 0 Å². The average molecular weight is 468 g/mol. The van der Waals surface area contributed by atoms with E-state index in [1.807, 2.05) is 0 Å². The van der Waals surface area contributed by atoms with Gasteiger partial charge in [-0.3, -0.25) is 4.90 Å². The largest absolute Gasteiger partial charge is 0.294 e. The number of rotatable bonds is 4. The average Bonchev–Trinajstić information content (AvgIpc) is 2.90. The van der Waals surface area contributed by atoms with E-state index in [1.54, 1.807) is 83.5 Å². The monoisotopic (exact) mass is 467 g/mol. The SMILES string of the molecule is CC1CCC(N(C2CCCCC2)C2CCC(C3C4CCCCC4CC4CCCCC43)CC2)CC1. The van der Waals surface area contributed by atoms with Crippen LogP contribution in [0.2, 0.25) is 0 Å². The number of nitrogens with zero attached hydrogens (tertiary/aromatic N) is 1. The fourth-order valence-corrected chi connectivity index (χ4v) is 11.1. The lowest BCUT2D eigenvalue weighted by molar-refractivity contribution is -0.0598. The van der Waals surface area contributed by atoms with Gasteiger partial charge in [-0.05, 0) is 125 Å². The summed E-state index contributed by atoms with van der Waals surface area (Å²) >= 11 is 0. The van der Waals surface area contributed by atoms with Gasteiger partial charge in [0.15, 0.2) is 0 Å². The Kier molecular flexibility index (Phi) is 7.97. The van der Waals surface area contributed by atoms with E-state index >= 15 is 0 Å². The van der Waals surface area contributed by atoms with Crippen molar-refractivity contribution in [2.45, 2.75) is 166 Å². The molecule has 0 spiro atoms. The Balaban J connectivity index is 1.15. The Morgan fingerprint density at radius 1 is 0.412 bits per heavy atom. The summed E-state index contributed by atoms with van der Waals surface area (Å²) in [6, 6.07) is 2.81. The smallest absolute Gasteiger partial charge is 0.0101 e. The zero-order chi connectivity index (χ0) is 22.9. The molecule has 4 unspecified atom stereocenters. The third kappa shape index (κ3) is 5.04. The maximum absolute atomic E-state index is 3.22. The van der Waals surface area contributed by atoms with Crippen molar-refractivity contribution < 1.29 is 0 Å². The van der Waals surface area contributed by atoms with Crippen molar-refractivity contribution >= 4 is 0 Å². The number of fused-ring (bicyclic) bond motifs is 2. The van der Waals surface area contributed by atoms with Crippen molar-refractivity contribution in [2.24, 2.45) is 41.4 Å². The second-order valence-corrected chi connectivity index (χ2v) is 14.5. The van der Waals surface area contributed by atoms with Crippen LogP contribution < -0.4 is 0 Å². The van der Waals surface area contributed by atoms with E-state index in [4.69, 9.17) is 0 Å². The molecule has 194 valence electrons. The minimum absolute atomic E-state index is 0.931. The molecule has 34 heavy (non-hydrogen) atoms. The maximum atomic E-state index is 3.22. The molecule has 0 bridgehead atoms. The molecule has 0 radical (unpaired) electrons. The van der Waals surface area contributed by atoms with E-state index in [-0.39, 0.29) is 0 Å². The summed E-state index contributed by atoms with van der Waals surface area (Å²) in [7, 11) is 0. The van der Waals surface area contributed by atoms with Crippen LogP contribution in [0.5, 0.6) is 0 Å². The number of hydrogen-bond acceptors (Lipinski definition) is 1. The lowest BCUT2D eigenvalue weighted by Gasteiger charge is -2.56. The lowest BCUT2D eigenvalue weighted by atomic mass is 9.51. The van der Waals surface area contributed by atoms with E-state index in [2.05, 4.69) is 11.8 Å². The Morgan fingerprint density at radius 3 is 1.47 bits per heavy atom. The molecule has 4 atom stereocenters. The predicted molar refractivity (Wildman–Crippen MR) is 145 cm³/mol. The van der Waals surface area contributed by atoms with E-state index < -0.39 is 0 Å². The van der Waals surface area contributed by atoms with Gasteiger partial charge in [0, 0.05) is 18.1 Å². The molecule has 6 aliphatic rings. The first kappa shape index (κ1) is 24.3.